The monoisotopic (exact) mass is 352 g/mol. The van der Waals surface area contributed by atoms with Crippen LogP contribution in [0.5, 0.6) is 0 Å². The van der Waals surface area contributed by atoms with Crippen molar-refractivity contribution in [2.75, 3.05) is 0 Å². The van der Waals surface area contributed by atoms with Gasteiger partial charge in [-0.3, -0.25) is 0 Å². The summed E-state index contributed by atoms with van der Waals surface area (Å²) in [6, 6.07) is 13.0. The molecule has 0 unspecified atom stereocenters. The van der Waals surface area contributed by atoms with Crippen LogP contribution in [0, 0.1) is 0 Å². The van der Waals surface area contributed by atoms with Gasteiger partial charge >= 0.3 is 5.97 Å². The third-order valence-electron chi connectivity index (χ3n) is 3.36. The Morgan fingerprint density at radius 3 is 2.96 bits per heavy atom. The van der Waals surface area contributed by atoms with E-state index in [4.69, 9.17) is 13.7 Å². The van der Waals surface area contributed by atoms with Crippen LogP contribution in [0.25, 0.3) is 27.8 Å². The molecule has 4 rings (SSSR count). The van der Waals surface area contributed by atoms with E-state index in [0.29, 0.717) is 17.2 Å². The quantitative estimate of drug-likeness (QED) is 0.393. The summed E-state index contributed by atoms with van der Waals surface area (Å²) < 4.78 is 16.6. The van der Waals surface area contributed by atoms with E-state index in [2.05, 4.69) is 10.1 Å². The first-order valence-corrected chi connectivity index (χ1v) is 8.29. The lowest BCUT2D eigenvalue weighted by molar-refractivity contribution is -0.139. The van der Waals surface area contributed by atoms with Gasteiger partial charge in [-0.15, -0.1) is 11.3 Å². The Morgan fingerprint density at radius 1 is 1.20 bits per heavy atom. The highest BCUT2D eigenvalue weighted by Gasteiger charge is 2.10. The average molecular weight is 352 g/mol. The van der Waals surface area contributed by atoms with E-state index in [0.717, 1.165) is 15.2 Å². The van der Waals surface area contributed by atoms with E-state index < -0.39 is 5.97 Å². The van der Waals surface area contributed by atoms with Crippen molar-refractivity contribution in [3.8, 4) is 11.5 Å². The van der Waals surface area contributed by atoms with Crippen molar-refractivity contribution in [1.29, 1.82) is 0 Å². The molecule has 0 amide bonds. The molecule has 0 spiro atoms. The van der Waals surface area contributed by atoms with Crippen LogP contribution >= 0.6 is 11.3 Å². The van der Waals surface area contributed by atoms with Crippen molar-refractivity contribution < 1.29 is 18.5 Å². The first-order chi connectivity index (χ1) is 12.3. The summed E-state index contributed by atoms with van der Waals surface area (Å²) in [4.78, 5) is 16.3. The second kappa shape index (κ2) is 6.74. The van der Waals surface area contributed by atoms with Crippen molar-refractivity contribution in [1.82, 2.24) is 10.1 Å². The zero-order valence-corrected chi connectivity index (χ0v) is 13.7. The van der Waals surface area contributed by atoms with Crippen LogP contribution in [0.2, 0.25) is 0 Å². The standard InChI is InChI=1S/C18H12N2O4S/c21-18(8-7-17-19-13-4-1-2-6-16(13)25-17)23-11-12-10-15(24-20-12)14-5-3-9-22-14/h1-10H,11H2/b8-7+. The van der Waals surface area contributed by atoms with E-state index in [-0.39, 0.29) is 6.61 Å². The largest absolute Gasteiger partial charge is 0.461 e. The predicted molar refractivity (Wildman–Crippen MR) is 92.7 cm³/mol. The summed E-state index contributed by atoms with van der Waals surface area (Å²) in [5.41, 5.74) is 1.42. The second-order valence-corrected chi connectivity index (χ2v) is 6.18. The van der Waals surface area contributed by atoms with Gasteiger partial charge in [0.2, 0.25) is 5.76 Å². The molecule has 0 fully saturated rings. The van der Waals surface area contributed by atoms with Crippen LogP contribution in [0.3, 0.4) is 0 Å². The number of para-hydroxylation sites is 1. The summed E-state index contributed by atoms with van der Waals surface area (Å²) in [6.45, 7) is 0.0211. The zero-order chi connectivity index (χ0) is 17.1. The van der Waals surface area contributed by atoms with Crippen LogP contribution in [-0.4, -0.2) is 16.1 Å². The van der Waals surface area contributed by atoms with Gasteiger partial charge in [-0.05, 0) is 30.3 Å². The Morgan fingerprint density at radius 2 is 2.12 bits per heavy atom. The second-order valence-electron chi connectivity index (χ2n) is 5.12. The maximum atomic E-state index is 11.8. The molecule has 3 heterocycles. The number of fused-ring (bicyclic) bond motifs is 1. The number of esters is 1. The number of benzene rings is 1. The zero-order valence-electron chi connectivity index (χ0n) is 12.9. The van der Waals surface area contributed by atoms with Crippen molar-refractivity contribution >= 4 is 33.6 Å². The fraction of sp³-hybridized carbons (Fsp3) is 0.0556. The highest BCUT2D eigenvalue weighted by atomic mass is 32.1. The van der Waals surface area contributed by atoms with Crippen LogP contribution in [0.4, 0.5) is 0 Å². The van der Waals surface area contributed by atoms with Gasteiger partial charge in [0, 0.05) is 12.1 Å². The first-order valence-electron chi connectivity index (χ1n) is 7.48. The minimum absolute atomic E-state index is 0.0211. The number of hydrogen-bond acceptors (Lipinski definition) is 7. The minimum atomic E-state index is -0.471. The van der Waals surface area contributed by atoms with Crippen molar-refractivity contribution in [3.05, 3.63) is 65.5 Å². The van der Waals surface area contributed by atoms with E-state index in [1.165, 1.54) is 17.4 Å². The molecule has 0 bridgehead atoms. The number of carbonyl (C=O) groups excluding carboxylic acids is 1. The Labute approximate surface area is 146 Å². The molecule has 1 aromatic carbocycles. The van der Waals surface area contributed by atoms with E-state index in [9.17, 15) is 4.79 Å². The van der Waals surface area contributed by atoms with Gasteiger partial charge in [-0.2, -0.15) is 0 Å². The maximum absolute atomic E-state index is 11.8. The third-order valence-corrected chi connectivity index (χ3v) is 4.36. The molecular weight excluding hydrogens is 340 g/mol. The maximum Gasteiger partial charge on any atom is 0.331 e. The van der Waals surface area contributed by atoms with Crippen molar-refractivity contribution in [2.45, 2.75) is 6.61 Å². The van der Waals surface area contributed by atoms with Gasteiger partial charge in [0.25, 0.3) is 0 Å². The van der Waals surface area contributed by atoms with Crippen molar-refractivity contribution in [3.63, 3.8) is 0 Å². The van der Waals surface area contributed by atoms with E-state index >= 15 is 0 Å². The molecule has 3 aromatic heterocycles. The van der Waals surface area contributed by atoms with Crippen LogP contribution in [-0.2, 0) is 16.1 Å². The predicted octanol–water partition coefficient (Wildman–Crippen LogP) is 4.30. The lowest BCUT2D eigenvalue weighted by Gasteiger charge is -1.96. The number of ether oxygens (including phenoxy) is 1. The van der Waals surface area contributed by atoms with Crippen LogP contribution in [0.15, 0.2) is 63.7 Å². The molecule has 0 aliphatic carbocycles. The van der Waals surface area contributed by atoms with E-state index in [1.54, 1.807) is 30.5 Å². The highest BCUT2D eigenvalue weighted by molar-refractivity contribution is 7.19. The fourth-order valence-corrected chi connectivity index (χ4v) is 3.08. The summed E-state index contributed by atoms with van der Waals surface area (Å²) in [6.07, 6.45) is 4.54. The van der Waals surface area contributed by atoms with Gasteiger partial charge in [0.15, 0.2) is 5.76 Å². The number of hydrogen-bond donors (Lipinski definition) is 0. The molecular formula is C18H12N2O4S. The lowest BCUT2D eigenvalue weighted by Crippen LogP contribution is -2.00. The molecule has 4 aromatic rings. The summed E-state index contributed by atoms with van der Waals surface area (Å²) in [5, 5.41) is 4.59. The summed E-state index contributed by atoms with van der Waals surface area (Å²) in [7, 11) is 0. The topological polar surface area (TPSA) is 78.4 Å². The third kappa shape index (κ3) is 3.51. The molecule has 0 atom stereocenters. The number of nitrogens with zero attached hydrogens (tertiary/aromatic N) is 2. The minimum Gasteiger partial charge on any atom is -0.461 e. The van der Waals surface area contributed by atoms with Gasteiger partial charge in [-0.1, -0.05) is 17.3 Å². The van der Waals surface area contributed by atoms with Crippen molar-refractivity contribution in [2.24, 2.45) is 0 Å². The summed E-state index contributed by atoms with van der Waals surface area (Å²) >= 11 is 1.51. The Bertz CT molecular complexity index is 997. The fourth-order valence-electron chi connectivity index (χ4n) is 2.21. The summed E-state index contributed by atoms with van der Waals surface area (Å²) in [5.74, 6) is 0.587. The Kier molecular flexibility index (Phi) is 4.14. The molecule has 0 aliphatic heterocycles. The molecule has 124 valence electrons. The molecule has 6 nitrogen and oxygen atoms in total. The molecule has 0 aliphatic rings. The van der Waals surface area contributed by atoms with E-state index in [1.807, 2.05) is 24.3 Å². The number of rotatable bonds is 5. The Hall–Kier alpha value is -3.19. The van der Waals surface area contributed by atoms with Gasteiger partial charge in [0.05, 0.1) is 16.5 Å². The average Bonchev–Trinajstić information content (AvgIpc) is 3.37. The normalized spacial score (nSPS) is 11.4. The smallest absolute Gasteiger partial charge is 0.331 e. The molecule has 0 saturated carbocycles. The highest BCUT2D eigenvalue weighted by Crippen LogP contribution is 2.23. The lowest BCUT2D eigenvalue weighted by atomic mass is 10.3. The van der Waals surface area contributed by atoms with Gasteiger partial charge < -0.3 is 13.7 Å². The number of carbonyl (C=O) groups is 1. The first kappa shape index (κ1) is 15.3. The SMILES string of the molecule is O=C(/C=C/c1nc2ccccc2s1)OCc1cc(-c2ccco2)on1. The van der Waals surface area contributed by atoms with Crippen LogP contribution in [0.1, 0.15) is 10.7 Å². The molecule has 0 radical (unpaired) electrons. The number of furan rings is 1. The Balaban J connectivity index is 1.36. The molecule has 25 heavy (non-hydrogen) atoms. The number of aromatic nitrogens is 2. The molecule has 0 N–H and O–H groups in total. The van der Waals surface area contributed by atoms with Gasteiger partial charge in [0.1, 0.15) is 17.3 Å². The number of thiazole rings is 1. The van der Waals surface area contributed by atoms with Crippen LogP contribution < -0.4 is 0 Å². The molecule has 7 heteroatoms. The molecule has 0 saturated heterocycles. The van der Waals surface area contributed by atoms with Gasteiger partial charge in [-0.25, -0.2) is 9.78 Å².